The Morgan fingerprint density at radius 2 is 1.85 bits per heavy atom. The number of carbonyl (C=O) groups excluding carboxylic acids is 1. The molecule has 1 aliphatic rings. The van der Waals surface area contributed by atoms with E-state index in [0.717, 1.165) is 11.3 Å². The zero-order valence-electron chi connectivity index (χ0n) is 15.2. The summed E-state index contributed by atoms with van der Waals surface area (Å²) in [5.41, 5.74) is 1.45. The second kappa shape index (κ2) is 7.79. The van der Waals surface area contributed by atoms with Gasteiger partial charge in [-0.05, 0) is 18.2 Å². The predicted octanol–water partition coefficient (Wildman–Crippen LogP) is 1.78. The minimum absolute atomic E-state index is 0.0839. The van der Waals surface area contributed by atoms with Crippen molar-refractivity contribution in [2.45, 2.75) is 17.9 Å². The van der Waals surface area contributed by atoms with Gasteiger partial charge >= 0.3 is 0 Å². The van der Waals surface area contributed by atoms with Crippen LogP contribution in [0.15, 0.2) is 58.4 Å². The van der Waals surface area contributed by atoms with Gasteiger partial charge in [-0.3, -0.25) is 14.5 Å². The quantitative estimate of drug-likeness (QED) is 0.818. The molecule has 3 rings (SSSR count). The molecule has 1 N–H and O–H groups in total. The van der Waals surface area contributed by atoms with Crippen LogP contribution in [0.5, 0.6) is 5.75 Å². The van der Waals surface area contributed by atoms with E-state index in [1.54, 1.807) is 37.3 Å². The van der Waals surface area contributed by atoms with Gasteiger partial charge in [0.1, 0.15) is 11.6 Å². The monoisotopic (exact) mass is 387 g/mol. The van der Waals surface area contributed by atoms with Gasteiger partial charge in [-0.2, -0.15) is 0 Å². The number of benzene rings is 2. The lowest BCUT2D eigenvalue weighted by Crippen LogP contribution is -2.27. The Balaban J connectivity index is 1.62. The maximum atomic E-state index is 12.4. The summed E-state index contributed by atoms with van der Waals surface area (Å²) in [5.74, 6) is 0.930. The Hall–Kier alpha value is -2.87. The molecule has 1 heterocycles. The van der Waals surface area contributed by atoms with Gasteiger partial charge in [-0.15, -0.1) is 0 Å². The third-order valence-electron chi connectivity index (χ3n) is 4.28. The Kier molecular flexibility index (Phi) is 5.46. The smallest absolute Gasteiger partial charge is 0.263 e. The van der Waals surface area contributed by atoms with Crippen LogP contribution in [0.1, 0.15) is 17.5 Å². The summed E-state index contributed by atoms with van der Waals surface area (Å²) >= 11 is 0. The first-order valence-corrected chi connectivity index (χ1v) is 9.93. The van der Waals surface area contributed by atoms with Crippen molar-refractivity contribution in [3.05, 3.63) is 59.7 Å². The minimum atomic E-state index is -3.56. The molecular weight excluding hydrogens is 366 g/mol. The van der Waals surface area contributed by atoms with Crippen LogP contribution in [-0.4, -0.2) is 45.8 Å². The number of para-hydroxylation sites is 1. The van der Waals surface area contributed by atoms with E-state index >= 15 is 0 Å². The van der Waals surface area contributed by atoms with E-state index < -0.39 is 10.0 Å². The molecule has 142 valence electrons. The van der Waals surface area contributed by atoms with Crippen molar-refractivity contribution >= 4 is 21.8 Å². The number of hydrogen-bond acceptors (Lipinski definition) is 5. The number of nitrogens with one attached hydrogen (secondary N) is 1. The summed E-state index contributed by atoms with van der Waals surface area (Å²) in [4.78, 5) is 18.5. The summed E-state index contributed by atoms with van der Waals surface area (Å²) in [6.45, 7) is 0.621. The van der Waals surface area contributed by atoms with Crippen LogP contribution >= 0.6 is 0 Å². The number of aliphatic imine (C=N–C) groups is 1. The third kappa shape index (κ3) is 4.11. The first kappa shape index (κ1) is 18.9. The fraction of sp³-hybridized carbons (Fsp3) is 0.263. The molecular formula is C19H21N3O4S. The molecule has 0 aliphatic carbocycles. The molecule has 0 unspecified atom stereocenters. The van der Waals surface area contributed by atoms with E-state index in [2.05, 4.69) is 9.71 Å². The van der Waals surface area contributed by atoms with Crippen molar-refractivity contribution in [2.75, 3.05) is 20.7 Å². The first-order valence-electron chi connectivity index (χ1n) is 8.45. The second-order valence-electron chi connectivity index (χ2n) is 6.14. The van der Waals surface area contributed by atoms with Crippen molar-refractivity contribution in [3.63, 3.8) is 0 Å². The number of ether oxygens (including phenoxy) is 1. The van der Waals surface area contributed by atoms with Crippen LogP contribution < -0.4 is 9.46 Å². The highest BCUT2D eigenvalue weighted by Gasteiger charge is 2.30. The highest BCUT2D eigenvalue weighted by molar-refractivity contribution is 7.90. The van der Waals surface area contributed by atoms with Crippen LogP contribution in [0, 0.1) is 0 Å². The van der Waals surface area contributed by atoms with E-state index in [0.29, 0.717) is 12.1 Å². The van der Waals surface area contributed by atoms with Crippen LogP contribution in [0.3, 0.4) is 0 Å². The molecule has 0 bridgehead atoms. The Morgan fingerprint density at radius 3 is 2.63 bits per heavy atom. The number of nitrogens with zero attached hydrogens (tertiary/aromatic N) is 2. The summed E-state index contributed by atoms with van der Waals surface area (Å²) < 4.78 is 31.8. The van der Waals surface area contributed by atoms with Crippen molar-refractivity contribution in [1.82, 2.24) is 9.62 Å². The average Bonchev–Trinajstić information content (AvgIpc) is 2.93. The molecule has 0 saturated carbocycles. The van der Waals surface area contributed by atoms with Gasteiger partial charge in [0.2, 0.25) is 5.91 Å². The van der Waals surface area contributed by atoms with E-state index in [-0.39, 0.29) is 29.6 Å². The number of amidine groups is 1. The van der Waals surface area contributed by atoms with Gasteiger partial charge in [-0.25, -0.2) is 8.42 Å². The van der Waals surface area contributed by atoms with E-state index in [1.165, 1.54) is 6.07 Å². The van der Waals surface area contributed by atoms with Crippen molar-refractivity contribution in [3.8, 4) is 5.75 Å². The largest absolute Gasteiger partial charge is 0.496 e. The number of amides is 1. The highest BCUT2D eigenvalue weighted by atomic mass is 32.2. The highest BCUT2D eigenvalue weighted by Crippen LogP contribution is 2.22. The van der Waals surface area contributed by atoms with Gasteiger partial charge in [0.25, 0.3) is 10.0 Å². The lowest BCUT2D eigenvalue weighted by Gasteiger charge is -2.18. The van der Waals surface area contributed by atoms with Crippen LogP contribution in [0.4, 0.5) is 0 Å². The predicted molar refractivity (Wildman–Crippen MR) is 102 cm³/mol. The molecule has 0 fully saturated rings. The molecule has 0 atom stereocenters. The number of sulfonamides is 1. The SMILES string of the molecule is COc1ccccc1CN(C)C(=O)CCN=C1NS(=O)(=O)c2ccccc21. The zero-order valence-corrected chi connectivity index (χ0v) is 16.0. The number of fused-ring (bicyclic) bond motifs is 1. The third-order valence-corrected chi connectivity index (χ3v) is 5.68. The van der Waals surface area contributed by atoms with Gasteiger partial charge in [-0.1, -0.05) is 30.3 Å². The van der Waals surface area contributed by atoms with Crippen molar-refractivity contribution in [2.24, 2.45) is 4.99 Å². The van der Waals surface area contributed by atoms with Gasteiger partial charge in [0.15, 0.2) is 0 Å². The molecule has 2 aromatic rings. The molecule has 8 heteroatoms. The van der Waals surface area contributed by atoms with Crippen LogP contribution in [-0.2, 0) is 21.4 Å². The number of rotatable bonds is 6. The lowest BCUT2D eigenvalue weighted by atomic mass is 10.2. The molecule has 0 saturated heterocycles. The Morgan fingerprint density at radius 1 is 1.15 bits per heavy atom. The van der Waals surface area contributed by atoms with Gasteiger partial charge < -0.3 is 9.64 Å². The second-order valence-corrected chi connectivity index (χ2v) is 7.79. The molecule has 1 amide bonds. The van der Waals surface area contributed by atoms with Crippen molar-refractivity contribution < 1.29 is 17.9 Å². The van der Waals surface area contributed by atoms with E-state index in [4.69, 9.17) is 4.74 Å². The fourth-order valence-corrected chi connectivity index (χ4v) is 4.13. The van der Waals surface area contributed by atoms with Crippen LogP contribution in [0.2, 0.25) is 0 Å². The number of carbonyl (C=O) groups is 1. The number of hydrogen-bond donors (Lipinski definition) is 1. The topological polar surface area (TPSA) is 88.1 Å². The summed E-state index contributed by atoms with van der Waals surface area (Å²) in [7, 11) is -0.248. The zero-order chi connectivity index (χ0) is 19.4. The molecule has 2 aromatic carbocycles. The summed E-state index contributed by atoms with van der Waals surface area (Å²) in [5, 5.41) is 0. The normalized spacial score (nSPS) is 15.9. The summed E-state index contributed by atoms with van der Waals surface area (Å²) in [6, 6.07) is 14.2. The van der Waals surface area contributed by atoms with E-state index in [9.17, 15) is 13.2 Å². The maximum Gasteiger partial charge on any atom is 0.263 e. The first-order chi connectivity index (χ1) is 12.9. The number of methoxy groups -OCH3 is 1. The molecule has 0 spiro atoms. The molecule has 1 aliphatic heterocycles. The fourth-order valence-electron chi connectivity index (χ4n) is 2.88. The summed E-state index contributed by atoms with van der Waals surface area (Å²) in [6.07, 6.45) is 0.180. The Labute approximate surface area is 158 Å². The molecule has 0 radical (unpaired) electrons. The molecule has 7 nitrogen and oxygen atoms in total. The van der Waals surface area contributed by atoms with Crippen LogP contribution in [0.25, 0.3) is 0 Å². The minimum Gasteiger partial charge on any atom is -0.496 e. The van der Waals surface area contributed by atoms with E-state index in [1.807, 2.05) is 24.3 Å². The van der Waals surface area contributed by atoms with Gasteiger partial charge in [0, 0.05) is 31.1 Å². The van der Waals surface area contributed by atoms with Gasteiger partial charge in [0.05, 0.1) is 18.6 Å². The Bertz CT molecular complexity index is 986. The molecule has 0 aromatic heterocycles. The standard InChI is InChI=1S/C19H21N3O4S/c1-22(13-14-7-3-5-9-16(14)26-2)18(23)11-12-20-19-15-8-4-6-10-17(15)27(24,25)21-19/h3-10H,11-13H2,1-2H3,(H,20,21). The lowest BCUT2D eigenvalue weighted by molar-refractivity contribution is -0.130. The average molecular weight is 387 g/mol. The maximum absolute atomic E-state index is 12.4. The van der Waals surface area contributed by atoms with Crippen molar-refractivity contribution in [1.29, 1.82) is 0 Å². The molecule has 27 heavy (non-hydrogen) atoms.